The van der Waals surface area contributed by atoms with Gasteiger partial charge in [-0.2, -0.15) is 0 Å². The molecule has 98 valence electrons. The van der Waals surface area contributed by atoms with Crippen molar-refractivity contribution >= 4 is 11.9 Å². The molecule has 5 nitrogen and oxygen atoms in total. The van der Waals surface area contributed by atoms with Crippen LogP contribution < -0.4 is 5.73 Å². The van der Waals surface area contributed by atoms with Gasteiger partial charge in [0.15, 0.2) is 0 Å². The van der Waals surface area contributed by atoms with Gasteiger partial charge in [-0.3, -0.25) is 9.59 Å². The highest BCUT2D eigenvalue weighted by atomic mass is 16.5. The first-order chi connectivity index (χ1) is 8.07. The molecule has 0 aromatic rings. The summed E-state index contributed by atoms with van der Waals surface area (Å²) in [7, 11) is 0. The van der Waals surface area contributed by atoms with E-state index in [0.29, 0.717) is 32.3 Å². The Morgan fingerprint density at radius 2 is 2.06 bits per heavy atom. The zero-order chi connectivity index (χ0) is 13.1. The maximum absolute atomic E-state index is 11.1. The molecule has 0 aromatic carbocycles. The van der Waals surface area contributed by atoms with E-state index in [1.807, 2.05) is 0 Å². The lowest BCUT2D eigenvalue weighted by Gasteiger charge is -2.06. The number of rotatable bonds is 10. The number of hydrogen-bond acceptors (Lipinski definition) is 4. The molecule has 0 amide bonds. The molecular weight excluding hydrogens is 222 g/mol. The fourth-order valence-corrected chi connectivity index (χ4v) is 1.24. The lowest BCUT2D eigenvalue weighted by atomic mass is 10.1. The number of ether oxygens (including phenoxy) is 1. The molecule has 0 unspecified atom stereocenters. The third-order valence-corrected chi connectivity index (χ3v) is 2.28. The zero-order valence-electron chi connectivity index (χ0n) is 10.1. The minimum Gasteiger partial charge on any atom is -0.480 e. The van der Waals surface area contributed by atoms with Crippen LogP contribution in [-0.4, -0.2) is 29.7 Å². The summed E-state index contributed by atoms with van der Waals surface area (Å²) in [6.07, 6.45) is 5.43. The highest BCUT2D eigenvalue weighted by Gasteiger charge is 2.10. The summed E-state index contributed by atoms with van der Waals surface area (Å²) < 4.78 is 4.97. The van der Waals surface area contributed by atoms with Crippen LogP contribution in [0.5, 0.6) is 0 Å². The lowest BCUT2D eigenvalue weighted by Crippen LogP contribution is -2.29. The van der Waals surface area contributed by atoms with Gasteiger partial charge in [0.2, 0.25) is 0 Å². The number of aliphatic carboxylic acids is 1. The average molecular weight is 243 g/mol. The molecule has 3 N–H and O–H groups in total. The van der Waals surface area contributed by atoms with E-state index in [-0.39, 0.29) is 5.97 Å². The number of hydrogen-bond donors (Lipinski definition) is 2. The van der Waals surface area contributed by atoms with Crippen LogP contribution in [0, 0.1) is 0 Å². The van der Waals surface area contributed by atoms with E-state index in [4.69, 9.17) is 15.6 Å². The standard InChI is InChI=1S/C12H21NO4/c1-2-3-4-8-11(14)17-9-6-5-7-10(13)12(15)16/h2,10H,1,3-9,13H2,(H,15,16)/t10-/m0/s1. The Morgan fingerprint density at radius 3 is 2.65 bits per heavy atom. The Bertz CT molecular complexity index is 253. The van der Waals surface area contributed by atoms with Crippen LogP contribution in [0.25, 0.3) is 0 Å². The second kappa shape index (κ2) is 9.84. The Balaban J connectivity index is 3.36. The molecule has 0 heterocycles. The van der Waals surface area contributed by atoms with E-state index in [2.05, 4.69) is 6.58 Å². The second-order valence-electron chi connectivity index (χ2n) is 3.84. The van der Waals surface area contributed by atoms with E-state index in [9.17, 15) is 9.59 Å². The van der Waals surface area contributed by atoms with Crippen LogP contribution >= 0.6 is 0 Å². The summed E-state index contributed by atoms with van der Waals surface area (Å²) in [5.74, 6) is -1.21. The largest absolute Gasteiger partial charge is 0.480 e. The van der Waals surface area contributed by atoms with E-state index >= 15 is 0 Å². The van der Waals surface area contributed by atoms with Gasteiger partial charge < -0.3 is 15.6 Å². The predicted octanol–water partition coefficient (Wildman–Crippen LogP) is 1.47. The van der Waals surface area contributed by atoms with Gasteiger partial charge in [0, 0.05) is 6.42 Å². The first kappa shape index (κ1) is 15.6. The molecule has 0 rings (SSSR count). The number of carboxylic acids is 1. The van der Waals surface area contributed by atoms with Crippen molar-refractivity contribution in [1.29, 1.82) is 0 Å². The minimum atomic E-state index is -0.994. The summed E-state index contributed by atoms with van der Waals surface area (Å²) in [6, 6.07) is -0.821. The second-order valence-corrected chi connectivity index (χ2v) is 3.84. The van der Waals surface area contributed by atoms with Crippen LogP contribution in [-0.2, 0) is 14.3 Å². The third-order valence-electron chi connectivity index (χ3n) is 2.28. The number of carbonyl (C=O) groups is 2. The fraction of sp³-hybridized carbons (Fsp3) is 0.667. The SMILES string of the molecule is C=CCCCC(=O)OCCCC[C@H](N)C(=O)O. The van der Waals surface area contributed by atoms with Crippen LogP contribution in [0.2, 0.25) is 0 Å². The molecule has 0 spiro atoms. The third kappa shape index (κ3) is 9.56. The number of esters is 1. The molecule has 0 aliphatic carbocycles. The maximum Gasteiger partial charge on any atom is 0.320 e. The molecule has 0 aliphatic rings. The van der Waals surface area contributed by atoms with Crippen molar-refractivity contribution in [2.75, 3.05) is 6.61 Å². The number of carboxylic acid groups (broad SMARTS) is 1. The highest BCUT2D eigenvalue weighted by molar-refractivity contribution is 5.72. The number of nitrogens with two attached hydrogens (primary N) is 1. The summed E-state index contributed by atoms with van der Waals surface area (Å²) >= 11 is 0. The van der Waals surface area contributed by atoms with Crippen molar-refractivity contribution in [1.82, 2.24) is 0 Å². The van der Waals surface area contributed by atoms with Gasteiger partial charge in [-0.1, -0.05) is 6.08 Å². The molecule has 0 fully saturated rings. The first-order valence-corrected chi connectivity index (χ1v) is 5.82. The lowest BCUT2D eigenvalue weighted by molar-refractivity contribution is -0.144. The van der Waals surface area contributed by atoms with Crippen LogP contribution in [0.3, 0.4) is 0 Å². The number of carbonyl (C=O) groups excluding carboxylic acids is 1. The van der Waals surface area contributed by atoms with Crippen molar-refractivity contribution in [2.45, 2.75) is 44.6 Å². The van der Waals surface area contributed by atoms with Gasteiger partial charge >= 0.3 is 11.9 Å². The summed E-state index contributed by atoms with van der Waals surface area (Å²) in [4.78, 5) is 21.5. The Labute approximate surface area is 102 Å². The summed E-state index contributed by atoms with van der Waals surface area (Å²) in [5.41, 5.74) is 5.32. The fourth-order valence-electron chi connectivity index (χ4n) is 1.24. The van der Waals surface area contributed by atoms with Crippen LogP contribution in [0.1, 0.15) is 38.5 Å². The number of allylic oxidation sites excluding steroid dienone is 1. The van der Waals surface area contributed by atoms with Crippen molar-refractivity contribution in [2.24, 2.45) is 5.73 Å². The predicted molar refractivity (Wildman–Crippen MR) is 64.5 cm³/mol. The molecule has 0 bridgehead atoms. The zero-order valence-corrected chi connectivity index (χ0v) is 10.1. The molecule has 0 saturated heterocycles. The van der Waals surface area contributed by atoms with Crippen LogP contribution in [0.15, 0.2) is 12.7 Å². The molecular formula is C12H21NO4. The van der Waals surface area contributed by atoms with Crippen molar-refractivity contribution in [3.05, 3.63) is 12.7 Å². The molecule has 0 radical (unpaired) electrons. The monoisotopic (exact) mass is 243 g/mol. The van der Waals surface area contributed by atoms with Gasteiger partial charge in [-0.25, -0.2) is 0 Å². The Kier molecular flexibility index (Phi) is 9.05. The average Bonchev–Trinajstić information content (AvgIpc) is 2.28. The Hall–Kier alpha value is -1.36. The van der Waals surface area contributed by atoms with Gasteiger partial charge in [-0.15, -0.1) is 6.58 Å². The van der Waals surface area contributed by atoms with Gasteiger partial charge in [0.25, 0.3) is 0 Å². The van der Waals surface area contributed by atoms with Crippen LogP contribution in [0.4, 0.5) is 0 Å². The molecule has 17 heavy (non-hydrogen) atoms. The maximum atomic E-state index is 11.1. The summed E-state index contributed by atoms with van der Waals surface area (Å²) in [5, 5.41) is 8.53. The molecule has 0 aliphatic heterocycles. The topological polar surface area (TPSA) is 89.6 Å². The normalized spacial score (nSPS) is 11.8. The number of unbranched alkanes of at least 4 members (excludes halogenated alkanes) is 2. The quantitative estimate of drug-likeness (QED) is 0.344. The molecule has 1 atom stereocenters. The highest BCUT2D eigenvalue weighted by Crippen LogP contribution is 2.02. The van der Waals surface area contributed by atoms with Gasteiger partial charge in [0.1, 0.15) is 6.04 Å². The van der Waals surface area contributed by atoms with E-state index < -0.39 is 12.0 Å². The van der Waals surface area contributed by atoms with E-state index in [1.165, 1.54) is 0 Å². The van der Waals surface area contributed by atoms with Gasteiger partial charge in [-0.05, 0) is 32.1 Å². The summed E-state index contributed by atoms with van der Waals surface area (Å²) in [6.45, 7) is 3.90. The van der Waals surface area contributed by atoms with Crippen molar-refractivity contribution in [3.8, 4) is 0 Å². The molecule has 0 aromatic heterocycles. The molecule has 0 saturated carbocycles. The first-order valence-electron chi connectivity index (χ1n) is 5.82. The molecule has 5 heteroatoms. The van der Waals surface area contributed by atoms with Crippen molar-refractivity contribution < 1.29 is 19.4 Å². The minimum absolute atomic E-state index is 0.214. The van der Waals surface area contributed by atoms with E-state index in [0.717, 1.165) is 12.8 Å². The van der Waals surface area contributed by atoms with Gasteiger partial charge in [0.05, 0.1) is 6.61 Å². The Morgan fingerprint density at radius 1 is 1.35 bits per heavy atom. The van der Waals surface area contributed by atoms with E-state index in [1.54, 1.807) is 6.08 Å². The smallest absolute Gasteiger partial charge is 0.320 e. The van der Waals surface area contributed by atoms with Crippen molar-refractivity contribution in [3.63, 3.8) is 0 Å².